The van der Waals surface area contributed by atoms with Crippen molar-refractivity contribution in [3.63, 3.8) is 0 Å². The zero-order valence-corrected chi connectivity index (χ0v) is 10.3. The van der Waals surface area contributed by atoms with E-state index in [0.717, 1.165) is 17.6 Å². The molecule has 0 aromatic heterocycles. The lowest BCUT2D eigenvalue weighted by Crippen LogP contribution is -2.02. The molecular formula is C15H18O2. The van der Waals surface area contributed by atoms with E-state index in [4.69, 9.17) is 4.74 Å². The van der Waals surface area contributed by atoms with Crippen molar-refractivity contribution in [3.05, 3.63) is 60.1 Å². The van der Waals surface area contributed by atoms with Gasteiger partial charge in [0.25, 0.3) is 0 Å². The number of carbonyl (C=O) groups excluding carboxylic acids is 1. The second-order valence-corrected chi connectivity index (χ2v) is 3.94. The van der Waals surface area contributed by atoms with Crippen molar-refractivity contribution in [3.8, 4) is 0 Å². The van der Waals surface area contributed by atoms with Crippen LogP contribution in [-0.2, 0) is 9.53 Å². The Morgan fingerprint density at radius 2 is 2.29 bits per heavy atom. The van der Waals surface area contributed by atoms with Gasteiger partial charge in [0, 0.05) is 5.92 Å². The van der Waals surface area contributed by atoms with Crippen molar-refractivity contribution in [1.82, 2.24) is 0 Å². The standard InChI is InChI=1S/C15H18O2/c1-4-12(2)5-6-13(3)17-15-9-7-14(11-16)8-10-15/h4-7,9-11,14H,3,8H2,1-2H3/b6-5-,12-4-. The van der Waals surface area contributed by atoms with E-state index in [9.17, 15) is 4.79 Å². The first kappa shape index (κ1) is 13.2. The van der Waals surface area contributed by atoms with Gasteiger partial charge in [0.2, 0.25) is 0 Å². The molecule has 2 nitrogen and oxygen atoms in total. The van der Waals surface area contributed by atoms with Crippen molar-refractivity contribution in [2.45, 2.75) is 20.3 Å². The van der Waals surface area contributed by atoms with Crippen molar-refractivity contribution >= 4 is 6.29 Å². The van der Waals surface area contributed by atoms with Crippen LogP contribution >= 0.6 is 0 Å². The summed E-state index contributed by atoms with van der Waals surface area (Å²) in [5.74, 6) is 1.32. The third kappa shape index (κ3) is 4.68. The summed E-state index contributed by atoms with van der Waals surface area (Å²) in [7, 11) is 0. The largest absolute Gasteiger partial charge is 0.458 e. The number of hydrogen-bond acceptors (Lipinski definition) is 2. The van der Waals surface area contributed by atoms with Crippen LogP contribution in [0.4, 0.5) is 0 Å². The molecule has 0 radical (unpaired) electrons. The molecule has 0 saturated carbocycles. The summed E-state index contributed by atoms with van der Waals surface area (Å²) >= 11 is 0. The van der Waals surface area contributed by atoms with Crippen LogP contribution in [0.3, 0.4) is 0 Å². The van der Waals surface area contributed by atoms with Gasteiger partial charge in [-0.05, 0) is 38.5 Å². The van der Waals surface area contributed by atoms with Crippen molar-refractivity contribution in [1.29, 1.82) is 0 Å². The molecule has 17 heavy (non-hydrogen) atoms. The number of aldehydes is 1. The first-order valence-electron chi connectivity index (χ1n) is 5.67. The average molecular weight is 230 g/mol. The lowest BCUT2D eigenvalue weighted by molar-refractivity contribution is -0.109. The fraction of sp³-hybridized carbons (Fsp3) is 0.267. The van der Waals surface area contributed by atoms with E-state index in [0.29, 0.717) is 12.2 Å². The molecule has 1 atom stereocenters. The zero-order chi connectivity index (χ0) is 12.7. The predicted octanol–water partition coefficient (Wildman–Crippen LogP) is 3.70. The molecule has 1 unspecified atom stereocenters. The molecule has 90 valence electrons. The number of ether oxygens (including phenoxy) is 1. The maximum absolute atomic E-state index is 10.5. The van der Waals surface area contributed by atoms with E-state index in [1.807, 2.05) is 50.3 Å². The fourth-order valence-electron chi connectivity index (χ4n) is 1.30. The highest BCUT2D eigenvalue weighted by Crippen LogP contribution is 2.18. The summed E-state index contributed by atoms with van der Waals surface area (Å²) in [4.78, 5) is 10.5. The number of hydrogen-bond donors (Lipinski definition) is 0. The molecule has 0 N–H and O–H groups in total. The summed E-state index contributed by atoms with van der Waals surface area (Å²) in [6.45, 7) is 7.81. The summed E-state index contributed by atoms with van der Waals surface area (Å²) in [6.07, 6.45) is 13.0. The Balaban J connectivity index is 2.49. The predicted molar refractivity (Wildman–Crippen MR) is 70.2 cm³/mol. The van der Waals surface area contributed by atoms with E-state index in [2.05, 4.69) is 6.58 Å². The highest BCUT2D eigenvalue weighted by Gasteiger charge is 2.07. The van der Waals surface area contributed by atoms with Gasteiger partial charge < -0.3 is 9.53 Å². The molecule has 0 amide bonds. The van der Waals surface area contributed by atoms with E-state index in [1.165, 1.54) is 0 Å². The van der Waals surface area contributed by atoms with Crippen LogP contribution in [0.25, 0.3) is 0 Å². The Bertz CT molecular complexity index is 409. The zero-order valence-electron chi connectivity index (χ0n) is 10.3. The quantitative estimate of drug-likeness (QED) is 0.409. The maximum Gasteiger partial charge on any atom is 0.127 e. The molecule has 1 rings (SSSR count). The summed E-state index contributed by atoms with van der Waals surface area (Å²) in [5, 5.41) is 0. The van der Waals surface area contributed by atoms with E-state index in [-0.39, 0.29) is 5.92 Å². The molecule has 1 aliphatic rings. The number of carbonyl (C=O) groups is 1. The third-order valence-corrected chi connectivity index (χ3v) is 2.51. The van der Waals surface area contributed by atoms with E-state index >= 15 is 0 Å². The van der Waals surface area contributed by atoms with Gasteiger partial charge in [-0.3, -0.25) is 0 Å². The third-order valence-electron chi connectivity index (χ3n) is 2.51. The molecule has 0 saturated heterocycles. The normalized spacial score (nSPS) is 20.2. The van der Waals surface area contributed by atoms with Gasteiger partial charge in [0.1, 0.15) is 17.8 Å². The van der Waals surface area contributed by atoms with E-state index < -0.39 is 0 Å². The van der Waals surface area contributed by atoms with Crippen molar-refractivity contribution in [2.24, 2.45) is 5.92 Å². The van der Waals surface area contributed by atoms with E-state index in [1.54, 1.807) is 0 Å². The lowest BCUT2D eigenvalue weighted by Gasteiger charge is -2.12. The Hall–Kier alpha value is -1.83. The minimum Gasteiger partial charge on any atom is -0.458 e. The topological polar surface area (TPSA) is 26.3 Å². The molecule has 0 fully saturated rings. The fourth-order valence-corrected chi connectivity index (χ4v) is 1.30. The van der Waals surface area contributed by atoms with Crippen LogP contribution in [-0.4, -0.2) is 6.29 Å². The Morgan fingerprint density at radius 3 is 2.82 bits per heavy atom. The van der Waals surface area contributed by atoms with Gasteiger partial charge in [-0.1, -0.05) is 30.4 Å². The molecule has 0 aromatic rings. The minimum absolute atomic E-state index is 0.0172. The molecular weight excluding hydrogens is 212 g/mol. The Labute approximate surface area is 103 Å². The van der Waals surface area contributed by atoms with Gasteiger partial charge in [0.05, 0.1) is 0 Å². The summed E-state index contributed by atoms with van der Waals surface area (Å²) < 4.78 is 5.53. The van der Waals surface area contributed by atoms with Gasteiger partial charge in [0.15, 0.2) is 0 Å². The van der Waals surface area contributed by atoms with Gasteiger partial charge in [-0.25, -0.2) is 0 Å². The first-order chi connectivity index (χ1) is 8.15. The molecule has 1 aliphatic carbocycles. The number of allylic oxidation sites excluding steroid dienone is 7. The summed E-state index contributed by atoms with van der Waals surface area (Å²) in [5.41, 5.74) is 1.16. The smallest absolute Gasteiger partial charge is 0.127 e. The van der Waals surface area contributed by atoms with Crippen molar-refractivity contribution in [2.75, 3.05) is 0 Å². The molecule has 0 aromatic carbocycles. The number of rotatable bonds is 5. The molecule has 0 spiro atoms. The van der Waals surface area contributed by atoms with Crippen LogP contribution < -0.4 is 0 Å². The van der Waals surface area contributed by atoms with Crippen LogP contribution in [0.2, 0.25) is 0 Å². The van der Waals surface area contributed by atoms with Gasteiger partial charge >= 0.3 is 0 Å². The van der Waals surface area contributed by atoms with Gasteiger partial charge in [-0.15, -0.1) is 0 Å². The SMILES string of the molecule is C=C(/C=C\C(C)=C/C)OC1=CCC(C=O)C=C1. The van der Waals surface area contributed by atoms with Crippen molar-refractivity contribution < 1.29 is 9.53 Å². The highest BCUT2D eigenvalue weighted by atomic mass is 16.5. The second-order valence-electron chi connectivity index (χ2n) is 3.94. The van der Waals surface area contributed by atoms with Crippen LogP contribution in [0, 0.1) is 5.92 Å². The Kier molecular flexibility index (Phi) is 5.21. The minimum atomic E-state index is -0.0172. The average Bonchev–Trinajstić information content (AvgIpc) is 2.36. The Morgan fingerprint density at radius 1 is 1.53 bits per heavy atom. The second kappa shape index (κ2) is 6.69. The van der Waals surface area contributed by atoms with Crippen LogP contribution in [0.1, 0.15) is 20.3 Å². The van der Waals surface area contributed by atoms with Crippen LogP contribution in [0.15, 0.2) is 60.1 Å². The molecule has 0 bridgehead atoms. The van der Waals surface area contributed by atoms with Gasteiger partial charge in [-0.2, -0.15) is 0 Å². The molecule has 2 heteroatoms. The first-order valence-corrected chi connectivity index (χ1v) is 5.67. The monoisotopic (exact) mass is 230 g/mol. The summed E-state index contributed by atoms with van der Waals surface area (Å²) in [6, 6.07) is 0. The highest BCUT2D eigenvalue weighted by molar-refractivity contribution is 5.58. The molecule has 0 aliphatic heterocycles. The maximum atomic E-state index is 10.5. The molecule has 0 heterocycles. The van der Waals surface area contributed by atoms with Crippen LogP contribution in [0.5, 0.6) is 0 Å². The lowest BCUT2D eigenvalue weighted by atomic mass is 10.0.